The molecule has 0 atom stereocenters. The van der Waals surface area contributed by atoms with E-state index in [1.807, 2.05) is 0 Å². The Balaban J connectivity index is 1.98. The highest BCUT2D eigenvalue weighted by Crippen LogP contribution is 2.29. The lowest BCUT2D eigenvalue weighted by molar-refractivity contribution is 0.0299. The Labute approximate surface area is 113 Å². The predicted molar refractivity (Wildman–Crippen MR) is 73.8 cm³/mol. The molecule has 0 radical (unpaired) electrons. The lowest BCUT2D eigenvalue weighted by Crippen LogP contribution is -2.33. The number of nitrogens with zero attached hydrogens (tertiary/aromatic N) is 2. The van der Waals surface area contributed by atoms with Crippen molar-refractivity contribution < 1.29 is 9.47 Å². The molecule has 0 bridgehead atoms. The van der Waals surface area contributed by atoms with E-state index in [2.05, 4.69) is 22.2 Å². The van der Waals surface area contributed by atoms with Crippen LogP contribution in [0.3, 0.4) is 0 Å². The molecule has 106 valence electrons. The summed E-state index contributed by atoms with van der Waals surface area (Å²) in [7, 11) is 1.61. The van der Waals surface area contributed by atoms with Crippen molar-refractivity contribution in [3.05, 3.63) is 11.9 Å². The smallest absolute Gasteiger partial charge is 0.158 e. The molecule has 1 saturated heterocycles. The molecule has 6 heteroatoms. The van der Waals surface area contributed by atoms with Crippen LogP contribution in [0.5, 0.6) is 0 Å². The van der Waals surface area contributed by atoms with Gasteiger partial charge >= 0.3 is 0 Å². The molecule has 1 aromatic rings. The molecule has 2 heterocycles. The number of methoxy groups -OCH3 is 1. The van der Waals surface area contributed by atoms with E-state index in [0.717, 1.165) is 38.4 Å². The molecule has 6 nitrogen and oxygen atoms in total. The van der Waals surface area contributed by atoms with Crippen molar-refractivity contribution in [2.45, 2.75) is 26.4 Å². The molecule has 0 aliphatic carbocycles. The van der Waals surface area contributed by atoms with Crippen LogP contribution in [0.1, 0.15) is 25.6 Å². The zero-order valence-corrected chi connectivity index (χ0v) is 11.6. The summed E-state index contributed by atoms with van der Waals surface area (Å²) in [6.45, 7) is 5.16. The van der Waals surface area contributed by atoms with Gasteiger partial charge in [-0.25, -0.2) is 9.97 Å². The first kappa shape index (κ1) is 14.0. The van der Waals surface area contributed by atoms with Gasteiger partial charge in [-0.2, -0.15) is 0 Å². The zero-order valence-electron chi connectivity index (χ0n) is 11.6. The third-order valence-corrected chi connectivity index (χ3v) is 3.46. The van der Waals surface area contributed by atoms with Crippen molar-refractivity contribution in [1.29, 1.82) is 0 Å². The fourth-order valence-electron chi connectivity index (χ4n) is 2.15. The molecule has 1 aromatic heterocycles. The van der Waals surface area contributed by atoms with Gasteiger partial charge in [0.1, 0.15) is 18.2 Å². The summed E-state index contributed by atoms with van der Waals surface area (Å²) in [6, 6.07) is 1.75. The van der Waals surface area contributed by atoms with E-state index in [1.165, 1.54) is 0 Å². The molecule has 1 aliphatic rings. The van der Waals surface area contributed by atoms with Gasteiger partial charge in [0.15, 0.2) is 5.82 Å². The van der Waals surface area contributed by atoms with Crippen LogP contribution in [0.15, 0.2) is 6.07 Å². The largest absolute Gasteiger partial charge is 0.384 e. The Morgan fingerprint density at radius 3 is 2.84 bits per heavy atom. The van der Waals surface area contributed by atoms with Crippen LogP contribution in [0.2, 0.25) is 0 Å². The highest BCUT2D eigenvalue weighted by atomic mass is 16.5. The van der Waals surface area contributed by atoms with E-state index in [9.17, 15) is 0 Å². The van der Waals surface area contributed by atoms with Crippen LogP contribution >= 0.6 is 0 Å². The molecule has 1 aliphatic heterocycles. The first-order valence-corrected chi connectivity index (χ1v) is 6.55. The Kier molecular flexibility index (Phi) is 4.55. The first-order valence-electron chi connectivity index (χ1n) is 6.55. The summed E-state index contributed by atoms with van der Waals surface area (Å²) in [5.74, 6) is 1.82. The molecule has 0 aromatic carbocycles. The highest BCUT2D eigenvalue weighted by Gasteiger charge is 2.27. The van der Waals surface area contributed by atoms with Crippen LogP contribution in [0.4, 0.5) is 11.6 Å². The number of ether oxygens (including phenoxy) is 2. The van der Waals surface area contributed by atoms with Crippen molar-refractivity contribution in [3.63, 3.8) is 0 Å². The quantitative estimate of drug-likeness (QED) is 0.839. The van der Waals surface area contributed by atoms with Crippen LogP contribution in [-0.4, -0.2) is 36.8 Å². The number of rotatable bonds is 5. The molecule has 1 fully saturated rings. The molecule has 2 rings (SSSR count). The van der Waals surface area contributed by atoms with Crippen LogP contribution in [0.25, 0.3) is 0 Å². The average Bonchev–Trinajstić information content (AvgIpc) is 2.37. The van der Waals surface area contributed by atoms with Gasteiger partial charge < -0.3 is 20.5 Å². The number of aromatic nitrogens is 2. The molecule has 0 saturated carbocycles. The third-order valence-electron chi connectivity index (χ3n) is 3.46. The van der Waals surface area contributed by atoms with E-state index in [-0.39, 0.29) is 5.41 Å². The van der Waals surface area contributed by atoms with Gasteiger partial charge in [0.25, 0.3) is 0 Å². The molecule has 0 spiro atoms. The second-order valence-electron chi connectivity index (χ2n) is 5.30. The minimum Gasteiger partial charge on any atom is -0.384 e. The summed E-state index contributed by atoms with van der Waals surface area (Å²) in [4.78, 5) is 8.50. The number of hydrogen-bond acceptors (Lipinski definition) is 6. The Hall–Kier alpha value is -1.40. The maximum Gasteiger partial charge on any atom is 0.158 e. The fourth-order valence-corrected chi connectivity index (χ4v) is 2.15. The monoisotopic (exact) mass is 266 g/mol. The predicted octanol–water partition coefficient (Wildman–Crippen LogP) is 1.43. The van der Waals surface area contributed by atoms with Gasteiger partial charge in [0, 0.05) is 32.9 Å². The minimum absolute atomic E-state index is 0.249. The maximum absolute atomic E-state index is 5.76. The van der Waals surface area contributed by atoms with E-state index in [0.29, 0.717) is 18.2 Å². The molecule has 3 N–H and O–H groups in total. The van der Waals surface area contributed by atoms with E-state index in [4.69, 9.17) is 15.2 Å². The minimum atomic E-state index is 0.249. The van der Waals surface area contributed by atoms with E-state index < -0.39 is 0 Å². The lowest BCUT2D eigenvalue weighted by Gasteiger charge is -2.33. The van der Waals surface area contributed by atoms with Crippen molar-refractivity contribution in [3.8, 4) is 0 Å². The zero-order chi connectivity index (χ0) is 13.7. The van der Waals surface area contributed by atoms with Crippen molar-refractivity contribution >= 4 is 11.6 Å². The summed E-state index contributed by atoms with van der Waals surface area (Å²) < 4.78 is 10.4. The van der Waals surface area contributed by atoms with Crippen LogP contribution in [0, 0.1) is 5.41 Å². The number of nitrogens with one attached hydrogen (secondary N) is 1. The summed E-state index contributed by atoms with van der Waals surface area (Å²) in [5.41, 5.74) is 6.01. The number of anilines is 2. The van der Waals surface area contributed by atoms with Crippen molar-refractivity contribution in [1.82, 2.24) is 9.97 Å². The van der Waals surface area contributed by atoms with Gasteiger partial charge in [-0.3, -0.25) is 0 Å². The highest BCUT2D eigenvalue weighted by molar-refractivity contribution is 5.44. The third kappa shape index (κ3) is 4.04. The molecule has 0 amide bonds. The fraction of sp³-hybridized carbons (Fsp3) is 0.692. The molecule has 19 heavy (non-hydrogen) atoms. The van der Waals surface area contributed by atoms with Gasteiger partial charge in [-0.1, -0.05) is 6.92 Å². The van der Waals surface area contributed by atoms with E-state index >= 15 is 0 Å². The first-order chi connectivity index (χ1) is 9.11. The Bertz CT molecular complexity index is 419. The summed E-state index contributed by atoms with van der Waals surface area (Å²) >= 11 is 0. The van der Waals surface area contributed by atoms with Gasteiger partial charge in [-0.05, 0) is 18.3 Å². The number of nitrogen functional groups attached to an aromatic ring is 1. The standard InChI is InChI=1S/C13H22N4O2/c1-13(3-5-19-6-4-13)9-15-11-7-10(14)16-12(17-11)8-18-2/h7H,3-6,8-9H2,1-2H3,(H3,14,15,16,17). The molecule has 0 unspecified atom stereocenters. The lowest BCUT2D eigenvalue weighted by atomic mass is 9.82. The molecular weight excluding hydrogens is 244 g/mol. The molecular formula is C13H22N4O2. The normalized spacial score (nSPS) is 18.2. The Morgan fingerprint density at radius 2 is 2.16 bits per heavy atom. The maximum atomic E-state index is 5.76. The second kappa shape index (κ2) is 6.16. The summed E-state index contributed by atoms with van der Waals surface area (Å²) in [5, 5.41) is 3.35. The van der Waals surface area contributed by atoms with Crippen LogP contribution < -0.4 is 11.1 Å². The van der Waals surface area contributed by atoms with E-state index in [1.54, 1.807) is 13.2 Å². The number of nitrogens with two attached hydrogens (primary N) is 1. The van der Waals surface area contributed by atoms with Crippen molar-refractivity contribution in [2.75, 3.05) is 37.9 Å². The average molecular weight is 266 g/mol. The number of hydrogen-bond donors (Lipinski definition) is 2. The Morgan fingerprint density at radius 1 is 1.42 bits per heavy atom. The summed E-state index contributed by atoms with van der Waals surface area (Å²) in [6.07, 6.45) is 2.12. The van der Waals surface area contributed by atoms with Gasteiger partial charge in [0.2, 0.25) is 0 Å². The van der Waals surface area contributed by atoms with Gasteiger partial charge in [-0.15, -0.1) is 0 Å². The van der Waals surface area contributed by atoms with Gasteiger partial charge in [0.05, 0.1) is 0 Å². The second-order valence-corrected chi connectivity index (χ2v) is 5.30. The van der Waals surface area contributed by atoms with Crippen LogP contribution in [-0.2, 0) is 16.1 Å². The SMILES string of the molecule is COCc1nc(N)cc(NCC2(C)CCOCC2)n1. The van der Waals surface area contributed by atoms with Crippen molar-refractivity contribution in [2.24, 2.45) is 5.41 Å². The topological polar surface area (TPSA) is 82.3 Å².